The van der Waals surface area contributed by atoms with Crippen molar-refractivity contribution < 1.29 is 14.6 Å². The van der Waals surface area contributed by atoms with Crippen LogP contribution in [0.1, 0.15) is 19.8 Å². The highest BCUT2D eigenvalue weighted by Crippen LogP contribution is 2.10. The van der Waals surface area contributed by atoms with Crippen LogP contribution in [0.2, 0.25) is 0 Å². The number of rotatable bonds is 5. The summed E-state index contributed by atoms with van der Waals surface area (Å²) in [5.74, 6) is -0.981. The second kappa shape index (κ2) is 4.91. The summed E-state index contributed by atoms with van der Waals surface area (Å²) in [7, 11) is 1.49. The highest BCUT2D eigenvalue weighted by Gasteiger charge is 2.15. The molecule has 0 amide bonds. The van der Waals surface area contributed by atoms with Crippen LogP contribution in [0.5, 0.6) is 0 Å². The fraction of sp³-hybridized carbons (Fsp3) is 0.625. The molecule has 0 radical (unpaired) electrons. The van der Waals surface area contributed by atoms with E-state index in [-0.39, 0.29) is 11.7 Å². The van der Waals surface area contributed by atoms with Crippen LogP contribution in [0.15, 0.2) is 12.2 Å². The van der Waals surface area contributed by atoms with Crippen molar-refractivity contribution >= 4 is 5.97 Å². The zero-order chi connectivity index (χ0) is 8.85. The van der Waals surface area contributed by atoms with Crippen molar-refractivity contribution in [3.05, 3.63) is 12.2 Å². The second-order valence-corrected chi connectivity index (χ2v) is 2.34. The maximum atomic E-state index is 10.4. The Bertz CT molecular complexity index is 151. The van der Waals surface area contributed by atoms with E-state index < -0.39 is 5.97 Å². The first kappa shape index (κ1) is 10.2. The number of carboxylic acid groups (broad SMARTS) is 1. The van der Waals surface area contributed by atoms with E-state index in [0.29, 0.717) is 6.42 Å². The number of carbonyl (C=O) groups is 1. The average molecular weight is 158 g/mol. The molecule has 3 nitrogen and oxygen atoms in total. The van der Waals surface area contributed by atoms with Gasteiger partial charge in [-0.05, 0) is 6.42 Å². The molecule has 0 heterocycles. The van der Waals surface area contributed by atoms with Gasteiger partial charge in [0.05, 0.1) is 11.7 Å². The summed E-state index contributed by atoms with van der Waals surface area (Å²) in [6.07, 6.45) is 1.27. The SMILES string of the molecule is C=C(C(=O)O)C(CCC)OC. The molecule has 0 aromatic heterocycles. The summed E-state index contributed by atoms with van der Waals surface area (Å²) < 4.78 is 4.93. The molecule has 64 valence electrons. The lowest BCUT2D eigenvalue weighted by atomic mass is 10.1. The predicted octanol–water partition coefficient (Wildman–Crippen LogP) is 1.44. The van der Waals surface area contributed by atoms with Gasteiger partial charge in [0.1, 0.15) is 0 Å². The largest absolute Gasteiger partial charge is 0.478 e. The average Bonchev–Trinajstić information content (AvgIpc) is 1.98. The van der Waals surface area contributed by atoms with Crippen LogP contribution >= 0.6 is 0 Å². The van der Waals surface area contributed by atoms with Gasteiger partial charge in [0.25, 0.3) is 0 Å². The molecular formula is C8H14O3. The Hall–Kier alpha value is -0.830. The second-order valence-electron chi connectivity index (χ2n) is 2.34. The van der Waals surface area contributed by atoms with Gasteiger partial charge in [-0.15, -0.1) is 0 Å². The van der Waals surface area contributed by atoms with E-state index in [2.05, 4.69) is 6.58 Å². The highest BCUT2D eigenvalue weighted by atomic mass is 16.5. The molecule has 1 unspecified atom stereocenters. The van der Waals surface area contributed by atoms with E-state index in [1.807, 2.05) is 6.92 Å². The zero-order valence-electron chi connectivity index (χ0n) is 6.96. The van der Waals surface area contributed by atoms with Gasteiger partial charge in [-0.2, -0.15) is 0 Å². The molecule has 0 aliphatic heterocycles. The smallest absolute Gasteiger partial charge is 0.333 e. The quantitative estimate of drug-likeness (QED) is 0.616. The van der Waals surface area contributed by atoms with Crippen LogP contribution < -0.4 is 0 Å². The Kier molecular flexibility index (Phi) is 4.54. The molecule has 0 bridgehead atoms. The number of carboxylic acids is 1. The Labute approximate surface area is 66.7 Å². The predicted molar refractivity (Wildman–Crippen MR) is 42.5 cm³/mol. The molecule has 0 aliphatic rings. The maximum Gasteiger partial charge on any atom is 0.333 e. The molecule has 0 aromatic carbocycles. The minimum atomic E-state index is -0.981. The van der Waals surface area contributed by atoms with E-state index in [4.69, 9.17) is 9.84 Å². The number of methoxy groups -OCH3 is 1. The molecule has 3 heteroatoms. The molecule has 0 spiro atoms. The lowest BCUT2D eigenvalue weighted by Gasteiger charge is -2.13. The molecule has 0 rings (SSSR count). The van der Waals surface area contributed by atoms with Crippen molar-refractivity contribution in [1.29, 1.82) is 0 Å². The van der Waals surface area contributed by atoms with Crippen molar-refractivity contribution in [3.8, 4) is 0 Å². The van der Waals surface area contributed by atoms with E-state index in [9.17, 15) is 4.79 Å². The molecule has 0 aliphatic carbocycles. The third-order valence-electron chi connectivity index (χ3n) is 1.50. The van der Waals surface area contributed by atoms with Gasteiger partial charge in [-0.1, -0.05) is 19.9 Å². The minimum absolute atomic E-state index is 0.134. The van der Waals surface area contributed by atoms with Crippen molar-refractivity contribution in [2.75, 3.05) is 7.11 Å². The highest BCUT2D eigenvalue weighted by molar-refractivity contribution is 5.86. The molecule has 1 atom stereocenters. The molecule has 1 N–H and O–H groups in total. The molecule has 11 heavy (non-hydrogen) atoms. The topological polar surface area (TPSA) is 46.5 Å². The summed E-state index contributed by atoms with van der Waals surface area (Å²) in [5, 5.41) is 8.53. The molecule has 0 aromatic rings. The van der Waals surface area contributed by atoms with Crippen molar-refractivity contribution in [1.82, 2.24) is 0 Å². The van der Waals surface area contributed by atoms with Gasteiger partial charge in [0.2, 0.25) is 0 Å². The van der Waals surface area contributed by atoms with Crippen molar-refractivity contribution in [2.45, 2.75) is 25.9 Å². The van der Waals surface area contributed by atoms with Crippen LogP contribution in [0.4, 0.5) is 0 Å². The standard InChI is InChI=1S/C8H14O3/c1-4-5-7(11-3)6(2)8(9)10/h7H,2,4-5H2,1,3H3,(H,9,10). The Morgan fingerprint density at radius 2 is 2.27 bits per heavy atom. The van der Waals surface area contributed by atoms with Crippen LogP contribution in [-0.2, 0) is 9.53 Å². The van der Waals surface area contributed by atoms with Gasteiger partial charge in [0, 0.05) is 7.11 Å². The summed E-state index contributed by atoms with van der Waals surface area (Å²) >= 11 is 0. The van der Waals surface area contributed by atoms with E-state index in [0.717, 1.165) is 6.42 Å². The minimum Gasteiger partial charge on any atom is -0.478 e. The first-order valence-electron chi connectivity index (χ1n) is 3.58. The number of ether oxygens (including phenoxy) is 1. The zero-order valence-corrected chi connectivity index (χ0v) is 6.96. The summed E-state index contributed by atoms with van der Waals surface area (Å²) in [5.41, 5.74) is 0.134. The van der Waals surface area contributed by atoms with Crippen molar-refractivity contribution in [2.24, 2.45) is 0 Å². The van der Waals surface area contributed by atoms with Crippen LogP contribution in [0.3, 0.4) is 0 Å². The van der Waals surface area contributed by atoms with Gasteiger partial charge in [-0.25, -0.2) is 4.79 Å². The van der Waals surface area contributed by atoms with Crippen LogP contribution in [0, 0.1) is 0 Å². The number of hydrogen-bond donors (Lipinski definition) is 1. The maximum absolute atomic E-state index is 10.4. The summed E-state index contributed by atoms with van der Waals surface area (Å²) in [6.45, 7) is 5.39. The van der Waals surface area contributed by atoms with Gasteiger partial charge in [0.15, 0.2) is 0 Å². The first-order chi connectivity index (χ1) is 5.13. The fourth-order valence-electron chi connectivity index (χ4n) is 0.834. The first-order valence-corrected chi connectivity index (χ1v) is 3.58. The molecule has 0 saturated carbocycles. The van der Waals surface area contributed by atoms with Gasteiger partial charge >= 0.3 is 5.97 Å². The third kappa shape index (κ3) is 3.18. The normalized spacial score (nSPS) is 12.5. The van der Waals surface area contributed by atoms with Crippen LogP contribution in [0.25, 0.3) is 0 Å². The fourth-order valence-corrected chi connectivity index (χ4v) is 0.834. The van der Waals surface area contributed by atoms with E-state index in [1.165, 1.54) is 7.11 Å². The molecule has 0 fully saturated rings. The lowest BCUT2D eigenvalue weighted by molar-refractivity contribution is -0.134. The summed E-state index contributed by atoms with van der Waals surface area (Å²) in [6, 6.07) is 0. The third-order valence-corrected chi connectivity index (χ3v) is 1.50. The van der Waals surface area contributed by atoms with Crippen LogP contribution in [-0.4, -0.2) is 24.3 Å². The van der Waals surface area contributed by atoms with Crippen molar-refractivity contribution in [3.63, 3.8) is 0 Å². The van der Waals surface area contributed by atoms with E-state index >= 15 is 0 Å². The number of hydrogen-bond acceptors (Lipinski definition) is 2. The van der Waals surface area contributed by atoms with Gasteiger partial charge in [-0.3, -0.25) is 0 Å². The Balaban J connectivity index is 4.02. The number of aliphatic carboxylic acids is 1. The monoisotopic (exact) mass is 158 g/mol. The lowest BCUT2D eigenvalue weighted by Crippen LogP contribution is -2.18. The van der Waals surface area contributed by atoms with E-state index in [1.54, 1.807) is 0 Å². The Morgan fingerprint density at radius 3 is 2.55 bits per heavy atom. The molecular weight excluding hydrogens is 144 g/mol. The summed E-state index contributed by atoms with van der Waals surface area (Å²) in [4.78, 5) is 10.4. The molecule has 0 saturated heterocycles. The van der Waals surface area contributed by atoms with Gasteiger partial charge < -0.3 is 9.84 Å². The Morgan fingerprint density at radius 1 is 1.73 bits per heavy atom.